The third-order valence-electron chi connectivity index (χ3n) is 5.53. The summed E-state index contributed by atoms with van der Waals surface area (Å²) < 4.78 is 5.71. The van der Waals surface area contributed by atoms with Gasteiger partial charge in [-0.3, -0.25) is 4.99 Å². The van der Waals surface area contributed by atoms with Crippen LogP contribution in [0.5, 0.6) is 0 Å². The lowest BCUT2D eigenvalue weighted by atomic mass is 10.0. The van der Waals surface area contributed by atoms with Crippen molar-refractivity contribution < 1.29 is 9.53 Å². The Bertz CT molecular complexity index is 730. The molecule has 0 aromatic carbocycles. The molecule has 1 aromatic heterocycles. The first-order chi connectivity index (χ1) is 14.2. The van der Waals surface area contributed by atoms with E-state index >= 15 is 0 Å². The number of piperidine rings is 1. The van der Waals surface area contributed by atoms with Gasteiger partial charge >= 0.3 is 6.09 Å². The highest BCUT2D eigenvalue weighted by molar-refractivity contribution is 7.09. The number of aliphatic imine (C=N–C) groups is 1. The van der Waals surface area contributed by atoms with Crippen LogP contribution in [0.2, 0.25) is 0 Å². The molecule has 0 spiro atoms. The second-order valence-corrected chi connectivity index (χ2v) is 10.4. The van der Waals surface area contributed by atoms with E-state index in [2.05, 4.69) is 25.6 Å². The monoisotopic (exact) mass is 435 g/mol. The largest absolute Gasteiger partial charge is 0.444 e. The Kier molecular flexibility index (Phi) is 7.60. The number of rotatable bonds is 6. The van der Waals surface area contributed by atoms with Gasteiger partial charge in [0.05, 0.1) is 10.7 Å². The van der Waals surface area contributed by atoms with E-state index < -0.39 is 5.60 Å². The van der Waals surface area contributed by atoms with Gasteiger partial charge in [-0.2, -0.15) is 0 Å². The fourth-order valence-electron chi connectivity index (χ4n) is 3.82. The van der Waals surface area contributed by atoms with E-state index in [1.54, 1.807) is 11.3 Å². The number of hydrogen-bond acceptors (Lipinski definition) is 5. The van der Waals surface area contributed by atoms with Gasteiger partial charge < -0.3 is 19.9 Å². The summed E-state index contributed by atoms with van der Waals surface area (Å²) in [6, 6.07) is 0.243. The van der Waals surface area contributed by atoms with Crippen LogP contribution < -0.4 is 5.32 Å². The first kappa shape index (κ1) is 22.8. The number of nitrogens with one attached hydrogen (secondary N) is 1. The summed E-state index contributed by atoms with van der Waals surface area (Å²) in [5, 5.41) is 6.70. The summed E-state index contributed by atoms with van der Waals surface area (Å²) in [7, 11) is 1.83. The zero-order chi connectivity index (χ0) is 21.7. The second kappa shape index (κ2) is 9.98. The maximum absolute atomic E-state index is 12.8. The van der Waals surface area contributed by atoms with Gasteiger partial charge in [0.2, 0.25) is 0 Å². The van der Waals surface area contributed by atoms with Crippen LogP contribution in [-0.4, -0.2) is 71.7 Å². The predicted molar refractivity (Wildman–Crippen MR) is 122 cm³/mol. The Balaban J connectivity index is 1.50. The molecule has 7 nitrogen and oxygen atoms in total. The molecule has 0 radical (unpaired) electrons. The smallest absolute Gasteiger partial charge is 0.410 e. The number of carbonyl (C=O) groups is 1. The SMILES string of the molecule is CN=C(NCCc1csc(C)n1)N1CCC(N(CC2CC2)C(=O)OC(C)(C)C)CC1. The zero-order valence-corrected chi connectivity index (χ0v) is 19.9. The Hall–Kier alpha value is -1.83. The van der Waals surface area contributed by atoms with Gasteiger partial charge in [-0.25, -0.2) is 9.78 Å². The van der Waals surface area contributed by atoms with Gasteiger partial charge in [-0.15, -0.1) is 11.3 Å². The van der Waals surface area contributed by atoms with E-state index in [1.165, 1.54) is 12.8 Å². The number of thiazole rings is 1. The third kappa shape index (κ3) is 6.86. The maximum atomic E-state index is 12.8. The highest BCUT2D eigenvalue weighted by Crippen LogP contribution is 2.32. The lowest BCUT2D eigenvalue weighted by Gasteiger charge is -2.40. The highest BCUT2D eigenvalue weighted by atomic mass is 32.1. The van der Waals surface area contributed by atoms with Crippen LogP contribution in [-0.2, 0) is 11.2 Å². The molecule has 3 rings (SSSR count). The summed E-state index contributed by atoms with van der Waals surface area (Å²) in [4.78, 5) is 26.1. The van der Waals surface area contributed by atoms with Crippen LogP contribution in [0.4, 0.5) is 4.79 Å². The summed E-state index contributed by atoms with van der Waals surface area (Å²) in [5.74, 6) is 1.59. The maximum Gasteiger partial charge on any atom is 0.410 e. The fraction of sp³-hybridized carbons (Fsp3) is 0.773. The Morgan fingerprint density at radius 1 is 1.33 bits per heavy atom. The Labute approximate surface area is 184 Å². The van der Waals surface area contributed by atoms with E-state index in [1.807, 2.05) is 39.6 Å². The Morgan fingerprint density at radius 2 is 2.03 bits per heavy atom. The highest BCUT2D eigenvalue weighted by Gasteiger charge is 2.35. The van der Waals surface area contributed by atoms with Crippen molar-refractivity contribution in [1.29, 1.82) is 0 Å². The number of aryl methyl sites for hydroxylation is 1. The van der Waals surface area contributed by atoms with Gasteiger partial charge in [-0.05, 0) is 59.3 Å². The van der Waals surface area contributed by atoms with Crippen molar-refractivity contribution in [2.45, 2.75) is 71.4 Å². The number of nitrogens with zero attached hydrogens (tertiary/aromatic N) is 4. The fourth-order valence-corrected chi connectivity index (χ4v) is 4.47. The van der Waals surface area contributed by atoms with E-state index in [4.69, 9.17) is 4.74 Å². The summed E-state index contributed by atoms with van der Waals surface area (Å²) in [6.45, 7) is 11.3. The van der Waals surface area contributed by atoms with Gasteiger partial charge in [0.15, 0.2) is 5.96 Å². The third-order valence-corrected chi connectivity index (χ3v) is 6.35. The molecule has 1 saturated heterocycles. The number of ether oxygens (including phenoxy) is 1. The van der Waals surface area contributed by atoms with E-state index in [0.717, 1.165) is 62.1 Å². The molecule has 1 aromatic rings. The normalized spacial score (nSPS) is 18.4. The lowest BCUT2D eigenvalue weighted by molar-refractivity contribution is 0.00929. The van der Waals surface area contributed by atoms with Crippen LogP contribution in [0.15, 0.2) is 10.4 Å². The van der Waals surface area contributed by atoms with Crippen molar-refractivity contribution in [2.24, 2.45) is 10.9 Å². The first-order valence-corrected chi connectivity index (χ1v) is 12.0. The summed E-state index contributed by atoms with van der Waals surface area (Å²) in [5.41, 5.74) is 0.675. The molecule has 1 aliphatic heterocycles. The average molecular weight is 436 g/mol. The minimum atomic E-state index is -0.457. The van der Waals surface area contributed by atoms with Gasteiger partial charge in [0, 0.05) is 51.1 Å². The topological polar surface area (TPSA) is 70.1 Å². The summed E-state index contributed by atoms with van der Waals surface area (Å²) >= 11 is 1.69. The number of aromatic nitrogens is 1. The zero-order valence-electron chi connectivity index (χ0n) is 19.1. The molecule has 0 unspecified atom stereocenters. The van der Waals surface area contributed by atoms with Crippen LogP contribution in [0, 0.1) is 12.8 Å². The minimum absolute atomic E-state index is 0.158. The Morgan fingerprint density at radius 3 is 2.57 bits per heavy atom. The molecule has 1 N–H and O–H groups in total. The molecule has 8 heteroatoms. The average Bonchev–Trinajstić information content (AvgIpc) is 3.42. The molecule has 1 amide bonds. The molecule has 168 valence electrons. The van der Waals surface area contributed by atoms with Gasteiger partial charge in [-0.1, -0.05) is 0 Å². The molecule has 2 fully saturated rings. The number of likely N-dealkylation sites (tertiary alicyclic amines) is 1. The van der Waals surface area contributed by atoms with E-state index in [0.29, 0.717) is 5.92 Å². The van der Waals surface area contributed by atoms with E-state index in [9.17, 15) is 4.79 Å². The van der Waals surface area contributed by atoms with Crippen LogP contribution in [0.3, 0.4) is 0 Å². The molecule has 1 aliphatic carbocycles. The quantitative estimate of drug-likeness (QED) is 0.545. The molecule has 2 heterocycles. The number of carbonyl (C=O) groups excluding carboxylic acids is 1. The second-order valence-electron chi connectivity index (χ2n) is 9.38. The molecular weight excluding hydrogens is 398 g/mol. The lowest BCUT2D eigenvalue weighted by Crippen LogP contribution is -2.52. The standard InChI is InChI=1S/C22H37N5O2S/c1-16-25-18(15-30-16)8-11-24-20(23-5)26-12-9-19(10-13-26)27(14-17-6-7-17)21(28)29-22(2,3)4/h15,17,19H,6-14H2,1-5H3,(H,23,24). The predicted octanol–water partition coefficient (Wildman–Crippen LogP) is 3.68. The van der Waals surface area contributed by atoms with Crippen molar-refractivity contribution in [3.05, 3.63) is 16.1 Å². The van der Waals surface area contributed by atoms with Gasteiger partial charge in [0.1, 0.15) is 5.60 Å². The van der Waals surface area contributed by atoms with E-state index in [-0.39, 0.29) is 12.1 Å². The van der Waals surface area contributed by atoms with Crippen molar-refractivity contribution in [2.75, 3.05) is 33.2 Å². The van der Waals surface area contributed by atoms with Gasteiger partial charge in [0.25, 0.3) is 0 Å². The minimum Gasteiger partial charge on any atom is -0.444 e. The number of guanidine groups is 1. The molecule has 1 saturated carbocycles. The first-order valence-electron chi connectivity index (χ1n) is 11.1. The molecular formula is C22H37N5O2S. The molecule has 0 atom stereocenters. The van der Waals surface area contributed by atoms with Crippen molar-refractivity contribution >= 4 is 23.4 Å². The molecule has 0 bridgehead atoms. The molecule has 2 aliphatic rings. The van der Waals surface area contributed by atoms with Crippen LogP contribution in [0.1, 0.15) is 57.2 Å². The van der Waals surface area contributed by atoms with Crippen LogP contribution >= 0.6 is 11.3 Å². The van der Waals surface area contributed by atoms with Crippen LogP contribution in [0.25, 0.3) is 0 Å². The summed E-state index contributed by atoms with van der Waals surface area (Å²) in [6.07, 6.45) is 5.08. The number of hydrogen-bond donors (Lipinski definition) is 1. The van der Waals surface area contributed by atoms with Crippen molar-refractivity contribution in [1.82, 2.24) is 20.1 Å². The number of amides is 1. The molecule has 30 heavy (non-hydrogen) atoms. The van der Waals surface area contributed by atoms with Crippen molar-refractivity contribution in [3.63, 3.8) is 0 Å². The van der Waals surface area contributed by atoms with Crippen molar-refractivity contribution in [3.8, 4) is 0 Å².